The zero-order chi connectivity index (χ0) is 15.8. The van der Waals surface area contributed by atoms with E-state index >= 15 is 0 Å². The van der Waals surface area contributed by atoms with Crippen molar-refractivity contribution in [2.75, 3.05) is 13.7 Å². The van der Waals surface area contributed by atoms with E-state index in [9.17, 15) is 4.79 Å². The largest absolute Gasteiger partial charge is 0.378 e. The van der Waals surface area contributed by atoms with Crippen LogP contribution in [-0.2, 0) is 16.1 Å². The van der Waals surface area contributed by atoms with Crippen LogP contribution < -0.4 is 5.73 Å². The van der Waals surface area contributed by atoms with E-state index in [2.05, 4.69) is 15.9 Å². The SMILES string of the molecule is CCOC1CC(N)(C(=O)N(C)Cc2ccc(Br)s2)C1(C)C. The monoisotopic (exact) mass is 374 g/mol. The lowest BCUT2D eigenvalue weighted by molar-refractivity contribution is -0.178. The summed E-state index contributed by atoms with van der Waals surface area (Å²) in [6, 6.07) is 4.02. The van der Waals surface area contributed by atoms with Crippen molar-refractivity contribution in [3.8, 4) is 0 Å². The van der Waals surface area contributed by atoms with Gasteiger partial charge in [-0.25, -0.2) is 0 Å². The molecule has 0 radical (unpaired) electrons. The van der Waals surface area contributed by atoms with E-state index in [-0.39, 0.29) is 17.4 Å². The Bertz CT molecular complexity index is 531. The first-order chi connectivity index (χ1) is 9.72. The van der Waals surface area contributed by atoms with E-state index < -0.39 is 5.54 Å². The average molecular weight is 375 g/mol. The molecule has 21 heavy (non-hydrogen) atoms. The van der Waals surface area contributed by atoms with Crippen LogP contribution in [0.15, 0.2) is 15.9 Å². The molecule has 2 unspecified atom stereocenters. The minimum absolute atomic E-state index is 0.00650. The third kappa shape index (κ3) is 2.91. The summed E-state index contributed by atoms with van der Waals surface area (Å²) in [6.45, 7) is 7.24. The van der Waals surface area contributed by atoms with Gasteiger partial charge in [0, 0.05) is 30.4 Å². The van der Waals surface area contributed by atoms with E-state index in [1.807, 2.05) is 40.0 Å². The number of thiophene rings is 1. The molecule has 2 rings (SSSR count). The number of nitrogens with two attached hydrogens (primary N) is 1. The molecule has 0 aliphatic heterocycles. The van der Waals surface area contributed by atoms with Crippen molar-refractivity contribution in [1.82, 2.24) is 4.90 Å². The Morgan fingerprint density at radius 1 is 1.57 bits per heavy atom. The van der Waals surface area contributed by atoms with Crippen LogP contribution >= 0.6 is 27.3 Å². The zero-order valence-corrected chi connectivity index (χ0v) is 15.4. The van der Waals surface area contributed by atoms with Gasteiger partial charge < -0.3 is 15.4 Å². The first kappa shape index (κ1) is 16.9. The van der Waals surface area contributed by atoms with Gasteiger partial charge in [-0.2, -0.15) is 0 Å². The first-order valence-electron chi connectivity index (χ1n) is 7.12. The minimum atomic E-state index is -0.837. The third-order valence-corrected chi connectivity index (χ3v) is 6.19. The van der Waals surface area contributed by atoms with Crippen molar-refractivity contribution in [2.45, 2.75) is 45.4 Å². The molecule has 4 nitrogen and oxygen atoms in total. The number of hydrogen-bond acceptors (Lipinski definition) is 4. The Morgan fingerprint density at radius 2 is 2.24 bits per heavy atom. The summed E-state index contributed by atoms with van der Waals surface area (Å²) in [7, 11) is 1.81. The van der Waals surface area contributed by atoms with Gasteiger partial charge in [-0.3, -0.25) is 4.79 Å². The summed E-state index contributed by atoms with van der Waals surface area (Å²) in [5.41, 5.74) is 5.25. The summed E-state index contributed by atoms with van der Waals surface area (Å²) in [4.78, 5) is 15.6. The second-order valence-corrected chi connectivity index (χ2v) is 8.76. The summed E-state index contributed by atoms with van der Waals surface area (Å²) < 4.78 is 6.76. The van der Waals surface area contributed by atoms with Crippen molar-refractivity contribution in [3.63, 3.8) is 0 Å². The van der Waals surface area contributed by atoms with Gasteiger partial charge >= 0.3 is 0 Å². The molecule has 0 aromatic carbocycles. The van der Waals surface area contributed by atoms with Crippen molar-refractivity contribution in [2.24, 2.45) is 11.1 Å². The molecule has 0 saturated heterocycles. The highest BCUT2D eigenvalue weighted by Gasteiger charge is 2.63. The van der Waals surface area contributed by atoms with Crippen molar-refractivity contribution in [1.29, 1.82) is 0 Å². The molecule has 1 aromatic rings. The lowest BCUT2D eigenvalue weighted by atomic mass is 9.54. The average Bonchev–Trinajstić information content (AvgIpc) is 2.82. The standard InChI is InChI=1S/C15H23BrN2O2S/c1-5-20-11-8-15(17,14(11,2)3)13(19)18(4)9-10-6-7-12(16)21-10/h6-7,11H,5,8-9,17H2,1-4H3. The van der Waals surface area contributed by atoms with Gasteiger partial charge in [-0.05, 0) is 35.0 Å². The fourth-order valence-electron chi connectivity index (χ4n) is 2.88. The summed E-state index contributed by atoms with van der Waals surface area (Å²) in [5, 5.41) is 0. The molecule has 1 aliphatic carbocycles. The number of hydrogen-bond donors (Lipinski definition) is 1. The number of likely N-dealkylation sites (N-methyl/N-ethyl adjacent to an activating group) is 1. The van der Waals surface area contributed by atoms with Crippen LogP contribution in [-0.4, -0.2) is 36.1 Å². The maximum absolute atomic E-state index is 12.8. The Hall–Kier alpha value is -0.430. The van der Waals surface area contributed by atoms with Gasteiger partial charge in [0.05, 0.1) is 16.4 Å². The molecule has 2 N–H and O–H groups in total. The van der Waals surface area contributed by atoms with Crippen LogP contribution in [0.4, 0.5) is 0 Å². The van der Waals surface area contributed by atoms with Crippen LogP contribution in [0.25, 0.3) is 0 Å². The van der Waals surface area contributed by atoms with E-state index in [4.69, 9.17) is 10.5 Å². The first-order valence-corrected chi connectivity index (χ1v) is 8.73. The number of halogens is 1. The highest BCUT2D eigenvalue weighted by Crippen LogP contribution is 2.50. The van der Waals surface area contributed by atoms with Crippen molar-refractivity contribution in [3.05, 3.63) is 20.8 Å². The molecule has 1 fully saturated rings. The van der Waals surface area contributed by atoms with Gasteiger partial charge in [0.1, 0.15) is 5.54 Å². The number of carbonyl (C=O) groups is 1. The number of carbonyl (C=O) groups excluding carboxylic acids is 1. The number of amides is 1. The molecule has 118 valence electrons. The van der Waals surface area contributed by atoms with Crippen LogP contribution in [0.1, 0.15) is 32.1 Å². The number of ether oxygens (including phenoxy) is 1. The summed E-state index contributed by atoms with van der Waals surface area (Å²) in [5.74, 6) is -0.00650. The fourth-order valence-corrected chi connectivity index (χ4v) is 4.42. The highest BCUT2D eigenvalue weighted by atomic mass is 79.9. The predicted molar refractivity (Wildman–Crippen MR) is 89.2 cm³/mol. The van der Waals surface area contributed by atoms with Crippen LogP contribution in [0, 0.1) is 5.41 Å². The Kier molecular flexibility index (Phi) is 4.83. The lowest BCUT2D eigenvalue weighted by Crippen LogP contribution is -2.75. The number of nitrogens with zero attached hydrogens (tertiary/aromatic N) is 1. The normalized spacial score (nSPS) is 27.2. The van der Waals surface area contributed by atoms with E-state index in [1.165, 1.54) is 0 Å². The second-order valence-electron chi connectivity index (χ2n) is 6.21. The molecule has 1 amide bonds. The zero-order valence-electron chi connectivity index (χ0n) is 13.0. The van der Waals surface area contributed by atoms with Gasteiger partial charge in [0.15, 0.2) is 0 Å². The van der Waals surface area contributed by atoms with Gasteiger partial charge in [-0.15, -0.1) is 11.3 Å². The smallest absolute Gasteiger partial charge is 0.243 e. The van der Waals surface area contributed by atoms with E-state index in [0.717, 1.165) is 8.66 Å². The Labute approximate surface area is 138 Å². The van der Waals surface area contributed by atoms with Crippen molar-refractivity contribution >= 4 is 33.2 Å². The quantitative estimate of drug-likeness (QED) is 0.861. The predicted octanol–water partition coefficient (Wildman–Crippen LogP) is 3.00. The van der Waals surface area contributed by atoms with Gasteiger partial charge in [0.25, 0.3) is 0 Å². The third-order valence-electron chi connectivity index (χ3n) is 4.58. The molecule has 1 heterocycles. The van der Waals surface area contributed by atoms with Gasteiger partial charge in [0.2, 0.25) is 5.91 Å². The lowest BCUT2D eigenvalue weighted by Gasteiger charge is -2.58. The Balaban J connectivity index is 2.05. The minimum Gasteiger partial charge on any atom is -0.378 e. The molecular weight excluding hydrogens is 352 g/mol. The van der Waals surface area contributed by atoms with E-state index in [0.29, 0.717) is 19.6 Å². The fraction of sp³-hybridized carbons (Fsp3) is 0.667. The molecule has 0 bridgehead atoms. The molecule has 1 aromatic heterocycles. The molecule has 6 heteroatoms. The van der Waals surface area contributed by atoms with Gasteiger partial charge in [-0.1, -0.05) is 13.8 Å². The second kappa shape index (κ2) is 5.99. The Morgan fingerprint density at radius 3 is 2.71 bits per heavy atom. The van der Waals surface area contributed by atoms with Crippen molar-refractivity contribution < 1.29 is 9.53 Å². The van der Waals surface area contributed by atoms with Crippen LogP contribution in [0.2, 0.25) is 0 Å². The molecule has 1 saturated carbocycles. The molecular formula is C15H23BrN2O2S. The topological polar surface area (TPSA) is 55.6 Å². The maximum Gasteiger partial charge on any atom is 0.243 e. The molecule has 0 spiro atoms. The molecule has 2 atom stereocenters. The summed E-state index contributed by atoms with van der Waals surface area (Å²) in [6.07, 6.45) is 0.645. The number of rotatable bonds is 5. The maximum atomic E-state index is 12.8. The molecule has 1 aliphatic rings. The highest BCUT2D eigenvalue weighted by molar-refractivity contribution is 9.11. The summed E-state index contributed by atoms with van der Waals surface area (Å²) >= 11 is 5.08. The van der Waals surface area contributed by atoms with Crippen LogP contribution in [0.3, 0.4) is 0 Å². The van der Waals surface area contributed by atoms with Crippen LogP contribution in [0.5, 0.6) is 0 Å². The van der Waals surface area contributed by atoms with E-state index in [1.54, 1.807) is 16.2 Å².